The maximum absolute atomic E-state index is 12.2. The van der Waals surface area contributed by atoms with Crippen molar-refractivity contribution >= 4 is 13.1 Å². The van der Waals surface area contributed by atoms with Gasteiger partial charge in [-0.15, -0.1) is 0 Å². The predicted molar refractivity (Wildman–Crippen MR) is 58.8 cm³/mol. The largest absolute Gasteiger partial charge is 0.411 e. The Labute approximate surface area is 110 Å². The fraction of sp³-hybridized carbons (Fsp3) is 0.0833. The van der Waals surface area contributed by atoms with E-state index in [2.05, 4.69) is 11.1 Å². The van der Waals surface area contributed by atoms with Crippen molar-refractivity contribution in [2.75, 3.05) is 0 Å². The third-order valence-corrected chi connectivity index (χ3v) is 2.09. The van der Waals surface area contributed by atoms with Crippen molar-refractivity contribution in [3.63, 3.8) is 0 Å². The van der Waals surface area contributed by atoms with Crippen molar-refractivity contribution < 1.29 is 25.4 Å². The molecule has 0 saturated heterocycles. The number of benzene rings is 1. The molecule has 16 heavy (non-hydrogen) atoms. The van der Waals surface area contributed by atoms with Crippen LogP contribution in [0, 0.1) is 6.07 Å². The van der Waals surface area contributed by atoms with Gasteiger partial charge in [0.1, 0.15) is 0 Å². The van der Waals surface area contributed by atoms with E-state index in [-0.39, 0.29) is 21.1 Å². The average Bonchev–Trinajstić information content (AvgIpc) is 2.31. The minimum absolute atomic E-state index is 0. The van der Waals surface area contributed by atoms with E-state index < -0.39 is 0 Å². The van der Waals surface area contributed by atoms with Gasteiger partial charge in [-0.25, -0.2) is 0 Å². The van der Waals surface area contributed by atoms with Gasteiger partial charge in [0.2, 0.25) is 0 Å². The summed E-state index contributed by atoms with van der Waals surface area (Å²) in [5, 5.41) is 0. The molecule has 0 unspecified atom stereocenters. The van der Waals surface area contributed by atoms with Crippen molar-refractivity contribution in [2.24, 2.45) is 0 Å². The number of hydrogen-bond donors (Lipinski definition) is 0. The molecule has 4 heteroatoms. The second kappa shape index (κ2) is 6.60. The smallest absolute Gasteiger partial charge is 0.333 e. The molecule has 2 aromatic rings. The molecule has 83 valence electrons. The van der Waals surface area contributed by atoms with Crippen LogP contribution in [-0.4, -0.2) is 12.5 Å². The average molecular weight is 392 g/mol. The van der Waals surface area contributed by atoms with Crippen molar-refractivity contribution in [1.29, 1.82) is 0 Å². The number of halogens is 1. The third kappa shape index (κ3) is 3.57. The molecule has 0 N–H and O–H groups in total. The Kier molecular flexibility index (Phi) is 5.41. The summed E-state index contributed by atoms with van der Waals surface area (Å²) in [5.41, 5.74) is 2.27. The van der Waals surface area contributed by atoms with Crippen LogP contribution < -0.4 is 5.59 Å². The Morgan fingerprint density at radius 1 is 1.19 bits per heavy atom. The Morgan fingerprint density at radius 2 is 2.06 bits per heavy atom. The van der Waals surface area contributed by atoms with Crippen LogP contribution in [0.4, 0.5) is 4.32 Å². The monoisotopic (exact) mass is 392 g/mol. The van der Waals surface area contributed by atoms with Crippen LogP contribution in [0.5, 0.6) is 0 Å². The van der Waals surface area contributed by atoms with Crippen LogP contribution in [0.2, 0.25) is 0 Å². The summed E-state index contributed by atoms with van der Waals surface area (Å²) >= 11 is 0. The van der Waals surface area contributed by atoms with Gasteiger partial charge in [0.15, 0.2) is 0 Å². The fourth-order valence-corrected chi connectivity index (χ4v) is 1.39. The third-order valence-electron chi connectivity index (χ3n) is 2.09. The van der Waals surface area contributed by atoms with Gasteiger partial charge in [-0.1, -0.05) is 6.07 Å². The molecule has 0 fully saturated rings. The zero-order chi connectivity index (χ0) is 10.5. The second-order valence-electron chi connectivity index (χ2n) is 3.23. The van der Waals surface area contributed by atoms with Gasteiger partial charge < -0.3 is 4.32 Å². The molecule has 0 aliphatic rings. The van der Waals surface area contributed by atoms with E-state index in [1.54, 1.807) is 12.1 Å². The van der Waals surface area contributed by atoms with Crippen molar-refractivity contribution in [2.45, 2.75) is 6.42 Å². The molecule has 1 radical (unpaired) electrons. The van der Waals surface area contributed by atoms with Crippen LogP contribution in [0.3, 0.4) is 0 Å². The molecule has 1 aromatic heterocycles. The van der Waals surface area contributed by atoms with E-state index in [1.165, 1.54) is 0 Å². The zero-order valence-corrected chi connectivity index (χ0v) is 10.7. The van der Waals surface area contributed by atoms with Crippen molar-refractivity contribution in [3.05, 3.63) is 59.8 Å². The van der Waals surface area contributed by atoms with Crippen LogP contribution in [-0.2, 0) is 27.5 Å². The van der Waals surface area contributed by atoms with Gasteiger partial charge in [-0.3, -0.25) is 4.98 Å². The maximum atomic E-state index is 12.2. The SMILES string of the molecule is F[B]c1cccc(Cc2[c-]cccc2)n1.[Pt]. The van der Waals surface area contributed by atoms with E-state index in [1.807, 2.05) is 30.3 Å². The molecule has 1 aromatic carbocycles. The Bertz CT molecular complexity index is 436. The summed E-state index contributed by atoms with van der Waals surface area (Å²) in [4.78, 5) is 4.14. The van der Waals surface area contributed by atoms with Gasteiger partial charge >= 0.3 is 7.56 Å². The van der Waals surface area contributed by atoms with E-state index in [0.29, 0.717) is 19.6 Å². The molecular weight excluding hydrogens is 383 g/mol. The second-order valence-corrected chi connectivity index (χ2v) is 3.23. The molecule has 0 aliphatic heterocycles. The van der Waals surface area contributed by atoms with E-state index in [0.717, 1.165) is 11.3 Å². The topological polar surface area (TPSA) is 12.9 Å². The summed E-state index contributed by atoms with van der Waals surface area (Å²) in [6.45, 7) is 0. The maximum Gasteiger partial charge on any atom is 0.411 e. The first kappa shape index (κ1) is 13.1. The van der Waals surface area contributed by atoms with Gasteiger partial charge in [-0.2, -0.15) is 35.9 Å². The molecule has 0 aliphatic carbocycles. The first-order chi connectivity index (χ1) is 7.38. The molecule has 2 rings (SSSR count). The molecule has 0 atom stereocenters. The van der Waals surface area contributed by atoms with Crippen LogP contribution in [0.15, 0.2) is 42.5 Å². The Balaban J connectivity index is 0.00000128. The van der Waals surface area contributed by atoms with E-state index >= 15 is 0 Å². The van der Waals surface area contributed by atoms with Crippen molar-refractivity contribution in [1.82, 2.24) is 4.98 Å². The molecule has 1 heterocycles. The van der Waals surface area contributed by atoms with Gasteiger partial charge in [0.25, 0.3) is 0 Å². The summed E-state index contributed by atoms with van der Waals surface area (Å²) in [6.07, 6.45) is 0.683. The fourth-order valence-electron chi connectivity index (χ4n) is 1.39. The van der Waals surface area contributed by atoms with Crippen LogP contribution >= 0.6 is 0 Å². The molecule has 0 amide bonds. The summed E-state index contributed by atoms with van der Waals surface area (Å²) in [6, 6.07) is 16.1. The number of aromatic nitrogens is 1. The first-order valence-electron chi connectivity index (χ1n) is 4.73. The zero-order valence-electron chi connectivity index (χ0n) is 8.47. The predicted octanol–water partition coefficient (Wildman–Crippen LogP) is 1.68. The van der Waals surface area contributed by atoms with Crippen molar-refractivity contribution in [3.8, 4) is 0 Å². The summed E-state index contributed by atoms with van der Waals surface area (Å²) in [7, 11) is 0.512. The van der Waals surface area contributed by atoms with E-state index in [9.17, 15) is 4.32 Å². The number of hydrogen-bond acceptors (Lipinski definition) is 1. The first-order valence-corrected chi connectivity index (χ1v) is 4.73. The molecular formula is C12H9BFNPt-. The van der Waals surface area contributed by atoms with Gasteiger partial charge in [-0.05, 0) is 18.6 Å². The molecule has 1 nitrogen and oxygen atoms in total. The normalized spacial score (nSPS) is 9.31. The minimum atomic E-state index is 0. The molecule has 0 spiro atoms. The molecule has 0 saturated carbocycles. The number of pyridine rings is 1. The molecule has 0 bridgehead atoms. The summed E-state index contributed by atoms with van der Waals surface area (Å²) < 4.78 is 12.2. The van der Waals surface area contributed by atoms with Gasteiger partial charge in [0.05, 0.1) is 0 Å². The quantitative estimate of drug-likeness (QED) is 0.573. The summed E-state index contributed by atoms with van der Waals surface area (Å²) in [5.74, 6) is 0. The van der Waals surface area contributed by atoms with Crippen LogP contribution in [0.25, 0.3) is 0 Å². The number of nitrogens with zero attached hydrogens (tertiary/aromatic N) is 1. The standard InChI is InChI=1S/C12H9BFN.Pt/c14-13-12-8-4-7-11(15-12)9-10-5-2-1-3-6-10;/h1-5,7-8H,9H2;/q-1;. The van der Waals surface area contributed by atoms with E-state index in [4.69, 9.17) is 0 Å². The van der Waals surface area contributed by atoms with Gasteiger partial charge in [0, 0.05) is 32.4 Å². The Hall–Kier alpha value is -0.947. The Morgan fingerprint density at radius 3 is 2.75 bits per heavy atom. The number of rotatable bonds is 3. The minimum Gasteiger partial charge on any atom is -0.333 e. The van der Waals surface area contributed by atoms with Crippen LogP contribution in [0.1, 0.15) is 11.3 Å².